The molecule has 0 fully saturated rings. The molecule has 0 radical (unpaired) electrons. The highest BCUT2D eigenvalue weighted by molar-refractivity contribution is 8.00. The van der Waals surface area contributed by atoms with Crippen LogP contribution in [0.15, 0.2) is 35.4 Å². The van der Waals surface area contributed by atoms with E-state index in [1.54, 1.807) is 0 Å². The van der Waals surface area contributed by atoms with Crippen molar-refractivity contribution in [1.29, 1.82) is 5.26 Å². The fraction of sp³-hybridized carbons (Fsp3) is 0.350. The van der Waals surface area contributed by atoms with E-state index in [1.165, 1.54) is 11.8 Å². The number of thioether (sulfide) groups is 1. The van der Waals surface area contributed by atoms with Crippen LogP contribution in [0.2, 0.25) is 0 Å². The Balaban J connectivity index is 1.99. The Labute approximate surface area is 159 Å². The van der Waals surface area contributed by atoms with E-state index >= 15 is 0 Å². The van der Waals surface area contributed by atoms with Gasteiger partial charge in [-0.3, -0.25) is 4.79 Å². The number of nitrogens with one attached hydrogen (secondary N) is 1. The molecule has 1 N–H and O–H groups in total. The van der Waals surface area contributed by atoms with Gasteiger partial charge in [0.1, 0.15) is 11.1 Å². The second kappa shape index (κ2) is 9.25. The lowest BCUT2D eigenvalue weighted by Crippen LogP contribution is -2.21. The van der Waals surface area contributed by atoms with Crippen LogP contribution in [0.1, 0.15) is 30.7 Å². The Kier molecular flexibility index (Phi) is 7.05. The molecule has 26 heavy (non-hydrogen) atoms. The molecule has 0 bridgehead atoms. The fourth-order valence-electron chi connectivity index (χ4n) is 2.72. The molecule has 5 nitrogen and oxygen atoms in total. The van der Waals surface area contributed by atoms with Crippen LogP contribution in [0, 0.1) is 25.2 Å². The highest BCUT2D eigenvalue weighted by Gasteiger charge is 2.12. The molecule has 0 saturated heterocycles. The van der Waals surface area contributed by atoms with Gasteiger partial charge in [0.2, 0.25) is 5.91 Å². The van der Waals surface area contributed by atoms with E-state index < -0.39 is 0 Å². The lowest BCUT2D eigenvalue weighted by molar-refractivity contribution is -0.113. The molecule has 1 aromatic heterocycles. The van der Waals surface area contributed by atoms with Crippen molar-refractivity contribution >= 4 is 29.0 Å². The summed E-state index contributed by atoms with van der Waals surface area (Å²) in [5.74, 6) is 0.0953. The summed E-state index contributed by atoms with van der Waals surface area (Å²) in [6.07, 6.45) is 0. The van der Waals surface area contributed by atoms with Gasteiger partial charge in [-0.15, -0.1) is 0 Å². The first-order valence-corrected chi connectivity index (χ1v) is 9.63. The van der Waals surface area contributed by atoms with Gasteiger partial charge in [0.25, 0.3) is 0 Å². The number of rotatable bonds is 7. The lowest BCUT2D eigenvalue weighted by Gasteiger charge is -2.21. The van der Waals surface area contributed by atoms with Gasteiger partial charge in [-0.05, 0) is 63.6 Å². The third-order valence-electron chi connectivity index (χ3n) is 4.04. The lowest BCUT2D eigenvalue weighted by atomic mass is 10.1. The average molecular weight is 369 g/mol. The van der Waals surface area contributed by atoms with Crippen molar-refractivity contribution in [2.24, 2.45) is 0 Å². The van der Waals surface area contributed by atoms with E-state index in [0.29, 0.717) is 10.6 Å². The van der Waals surface area contributed by atoms with Crippen LogP contribution < -0.4 is 10.2 Å². The largest absolute Gasteiger partial charge is 0.372 e. The molecule has 0 saturated carbocycles. The van der Waals surface area contributed by atoms with Gasteiger partial charge >= 0.3 is 0 Å². The molecule has 136 valence electrons. The van der Waals surface area contributed by atoms with E-state index in [4.69, 9.17) is 0 Å². The summed E-state index contributed by atoms with van der Waals surface area (Å²) in [7, 11) is 0. The fourth-order valence-corrected chi connectivity index (χ4v) is 3.62. The minimum atomic E-state index is -0.115. The van der Waals surface area contributed by atoms with E-state index in [-0.39, 0.29) is 11.7 Å². The number of aryl methyl sites for hydroxylation is 2. The van der Waals surface area contributed by atoms with Gasteiger partial charge in [-0.2, -0.15) is 5.26 Å². The summed E-state index contributed by atoms with van der Waals surface area (Å²) in [6, 6.07) is 11.9. The molecule has 0 atom stereocenters. The quantitative estimate of drug-likeness (QED) is 0.744. The van der Waals surface area contributed by atoms with Gasteiger partial charge in [0.15, 0.2) is 0 Å². The third kappa shape index (κ3) is 4.99. The Bertz CT molecular complexity index is 808. The summed E-state index contributed by atoms with van der Waals surface area (Å²) in [6.45, 7) is 9.90. The summed E-state index contributed by atoms with van der Waals surface area (Å²) in [4.78, 5) is 18.9. The van der Waals surface area contributed by atoms with E-state index in [9.17, 15) is 10.1 Å². The number of benzene rings is 1. The first kappa shape index (κ1) is 19.8. The molecular weight excluding hydrogens is 344 g/mol. The number of nitriles is 1. The molecule has 1 aromatic carbocycles. The van der Waals surface area contributed by atoms with Gasteiger partial charge < -0.3 is 10.2 Å². The average Bonchev–Trinajstić information content (AvgIpc) is 2.62. The topological polar surface area (TPSA) is 69.0 Å². The van der Waals surface area contributed by atoms with E-state index in [0.717, 1.165) is 35.7 Å². The van der Waals surface area contributed by atoms with E-state index in [2.05, 4.69) is 35.1 Å². The van der Waals surface area contributed by atoms with Crippen LogP contribution in [0.5, 0.6) is 0 Å². The molecule has 2 rings (SSSR count). The number of aromatic nitrogens is 1. The Morgan fingerprint density at radius 1 is 1.23 bits per heavy atom. The molecule has 1 heterocycles. The van der Waals surface area contributed by atoms with Gasteiger partial charge in [0, 0.05) is 30.2 Å². The van der Waals surface area contributed by atoms with Crippen molar-refractivity contribution in [3.8, 4) is 6.07 Å². The molecule has 6 heteroatoms. The summed E-state index contributed by atoms with van der Waals surface area (Å²) >= 11 is 1.29. The minimum absolute atomic E-state index is 0.115. The highest BCUT2D eigenvalue weighted by atomic mass is 32.2. The number of carbonyl (C=O) groups is 1. The molecule has 0 spiro atoms. The predicted octanol–water partition coefficient (Wildman–Crippen LogP) is 4.15. The number of hydrogen-bond donors (Lipinski definition) is 1. The molecule has 0 aliphatic carbocycles. The van der Waals surface area contributed by atoms with Crippen LogP contribution in [0.25, 0.3) is 0 Å². The third-order valence-corrected chi connectivity index (χ3v) is 5.02. The van der Waals surface area contributed by atoms with Crippen molar-refractivity contribution in [1.82, 2.24) is 4.98 Å². The standard InChI is InChI=1S/C20H24N4OS/c1-5-24(6-2)17-9-7-16(8-10-17)23-19(25)13-26-20-18(12-21)14(3)11-15(4)22-20/h7-11H,5-6,13H2,1-4H3,(H,23,25). The highest BCUT2D eigenvalue weighted by Crippen LogP contribution is 2.24. The second-order valence-corrected chi connectivity index (χ2v) is 6.89. The van der Waals surface area contributed by atoms with Crippen molar-refractivity contribution in [3.05, 3.63) is 47.2 Å². The zero-order valence-electron chi connectivity index (χ0n) is 15.7. The minimum Gasteiger partial charge on any atom is -0.372 e. The van der Waals surface area contributed by atoms with Crippen molar-refractivity contribution in [3.63, 3.8) is 0 Å². The first-order chi connectivity index (χ1) is 12.5. The van der Waals surface area contributed by atoms with E-state index in [1.807, 2.05) is 44.2 Å². The van der Waals surface area contributed by atoms with Crippen molar-refractivity contribution < 1.29 is 4.79 Å². The molecule has 2 aromatic rings. The van der Waals surface area contributed by atoms with Crippen LogP contribution in [0.3, 0.4) is 0 Å². The maximum absolute atomic E-state index is 12.2. The van der Waals surface area contributed by atoms with Gasteiger partial charge in [0.05, 0.1) is 11.3 Å². The van der Waals surface area contributed by atoms with Crippen LogP contribution in [0.4, 0.5) is 11.4 Å². The van der Waals surface area contributed by atoms with Crippen LogP contribution in [-0.4, -0.2) is 29.7 Å². The van der Waals surface area contributed by atoms with Crippen LogP contribution in [-0.2, 0) is 4.79 Å². The summed E-state index contributed by atoms with van der Waals surface area (Å²) in [5, 5.41) is 12.8. The predicted molar refractivity (Wildman–Crippen MR) is 108 cm³/mol. The zero-order valence-corrected chi connectivity index (χ0v) is 16.5. The SMILES string of the molecule is CCN(CC)c1ccc(NC(=O)CSc2nc(C)cc(C)c2C#N)cc1. The van der Waals surface area contributed by atoms with Crippen molar-refractivity contribution in [2.45, 2.75) is 32.7 Å². The number of nitrogens with zero attached hydrogens (tertiary/aromatic N) is 3. The maximum atomic E-state index is 12.2. The van der Waals surface area contributed by atoms with Crippen molar-refractivity contribution in [2.75, 3.05) is 29.1 Å². The smallest absolute Gasteiger partial charge is 0.234 e. The molecule has 0 aliphatic heterocycles. The Morgan fingerprint density at radius 3 is 2.46 bits per heavy atom. The molecular formula is C20H24N4OS. The normalized spacial score (nSPS) is 10.3. The zero-order chi connectivity index (χ0) is 19.1. The molecule has 0 aliphatic rings. The van der Waals surface area contributed by atoms with Crippen LogP contribution >= 0.6 is 11.8 Å². The summed E-state index contributed by atoms with van der Waals surface area (Å²) < 4.78 is 0. The molecule has 0 unspecified atom stereocenters. The number of pyridine rings is 1. The Morgan fingerprint density at radius 2 is 1.88 bits per heavy atom. The first-order valence-electron chi connectivity index (χ1n) is 8.64. The maximum Gasteiger partial charge on any atom is 0.234 e. The van der Waals surface area contributed by atoms with Gasteiger partial charge in [-0.25, -0.2) is 4.98 Å². The number of hydrogen-bond acceptors (Lipinski definition) is 5. The number of anilines is 2. The van der Waals surface area contributed by atoms with Gasteiger partial charge in [-0.1, -0.05) is 11.8 Å². The number of carbonyl (C=O) groups excluding carboxylic acids is 1. The molecule has 1 amide bonds. The Hall–Kier alpha value is -2.52. The monoisotopic (exact) mass is 368 g/mol. The summed E-state index contributed by atoms with van der Waals surface area (Å²) in [5.41, 5.74) is 4.17. The second-order valence-electron chi connectivity index (χ2n) is 5.93. The number of amides is 1.